The first-order valence-corrected chi connectivity index (χ1v) is 12.2. The van der Waals surface area contributed by atoms with Crippen molar-refractivity contribution in [2.75, 3.05) is 19.6 Å². The van der Waals surface area contributed by atoms with E-state index in [-0.39, 0.29) is 42.8 Å². The van der Waals surface area contributed by atoms with Gasteiger partial charge < -0.3 is 19.9 Å². The smallest absolute Gasteiger partial charge is 0.416 e. The van der Waals surface area contributed by atoms with Crippen LogP contribution >= 0.6 is 0 Å². The predicted molar refractivity (Wildman–Crippen MR) is 120 cm³/mol. The molecule has 1 N–H and O–H groups in total. The van der Waals surface area contributed by atoms with Gasteiger partial charge in [0.15, 0.2) is 5.69 Å². The molecule has 5 rings (SSSR count). The second-order valence-corrected chi connectivity index (χ2v) is 9.84. The van der Waals surface area contributed by atoms with Gasteiger partial charge in [-0.25, -0.2) is 4.79 Å². The largest absolute Gasteiger partial charge is 0.445 e. The number of nitrogens with one attached hydrogen (secondary N) is 1. The Morgan fingerprint density at radius 2 is 1.55 bits per heavy atom. The van der Waals surface area contributed by atoms with E-state index in [9.17, 15) is 35.9 Å². The van der Waals surface area contributed by atoms with Crippen LogP contribution in [-0.4, -0.2) is 63.3 Å². The first-order valence-electron chi connectivity index (χ1n) is 12.2. The van der Waals surface area contributed by atoms with Gasteiger partial charge in [-0.15, -0.1) is 0 Å². The molecule has 2 amide bonds. The fourth-order valence-electron chi connectivity index (χ4n) is 5.19. The lowest BCUT2D eigenvalue weighted by Gasteiger charge is -2.32. The van der Waals surface area contributed by atoms with E-state index in [0.717, 1.165) is 12.8 Å². The molecule has 38 heavy (non-hydrogen) atoms. The number of carbonyl (C=O) groups excluding carboxylic acids is 2. The molecule has 4 heterocycles. The Bertz CT molecular complexity index is 1180. The van der Waals surface area contributed by atoms with E-state index >= 15 is 0 Å². The van der Waals surface area contributed by atoms with Gasteiger partial charge >= 0.3 is 18.4 Å². The second-order valence-electron chi connectivity index (χ2n) is 9.84. The fraction of sp³-hybridized carbons (Fsp3) is 0.542. The molecule has 0 radical (unpaired) electrons. The van der Waals surface area contributed by atoms with Crippen LogP contribution in [0.5, 0.6) is 0 Å². The molecule has 1 aromatic carbocycles. The Kier molecular flexibility index (Phi) is 6.78. The highest BCUT2D eigenvalue weighted by Gasteiger charge is 2.38. The number of piperazine rings is 1. The lowest BCUT2D eigenvalue weighted by Crippen LogP contribution is -2.53. The number of ether oxygens (including phenoxy) is 1. The molecule has 3 aliphatic heterocycles. The SMILES string of the molecule is O=C(OCc1cc(C(F)(F)F)cc(C(F)(F)F)c1)N1CCCn2nc(C(=O)N3CC4CCC(C3)N4)cc2C1. The van der Waals surface area contributed by atoms with Crippen LogP contribution in [0.4, 0.5) is 31.1 Å². The van der Waals surface area contributed by atoms with E-state index in [0.29, 0.717) is 43.9 Å². The van der Waals surface area contributed by atoms with Crippen LogP contribution < -0.4 is 5.32 Å². The van der Waals surface area contributed by atoms with E-state index in [1.807, 2.05) is 0 Å². The summed E-state index contributed by atoms with van der Waals surface area (Å²) >= 11 is 0. The number of benzene rings is 1. The molecule has 0 aliphatic carbocycles. The number of likely N-dealkylation sites (tertiary alicyclic amines) is 1. The van der Waals surface area contributed by atoms with Crippen LogP contribution in [0.15, 0.2) is 24.3 Å². The summed E-state index contributed by atoms with van der Waals surface area (Å²) in [5.41, 5.74) is -2.55. The van der Waals surface area contributed by atoms with E-state index in [1.165, 1.54) is 4.90 Å². The van der Waals surface area contributed by atoms with Gasteiger partial charge in [-0.3, -0.25) is 9.48 Å². The lowest BCUT2D eigenvalue weighted by molar-refractivity contribution is -0.143. The van der Waals surface area contributed by atoms with Crippen molar-refractivity contribution in [3.8, 4) is 0 Å². The molecule has 8 nitrogen and oxygen atoms in total. The third-order valence-electron chi connectivity index (χ3n) is 7.00. The zero-order valence-electron chi connectivity index (χ0n) is 20.1. The first-order chi connectivity index (χ1) is 17.9. The summed E-state index contributed by atoms with van der Waals surface area (Å²) in [5.74, 6) is -0.192. The third-order valence-corrected chi connectivity index (χ3v) is 7.00. The third kappa shape index (κ3) is 5.59. The predicted octanol–water partition coefficient (Wildman–Crippen LogP) is 4.04. The Balaban J connectivity index is 1.25. The maximum atomic E-state index is 13.1. The number of hydrogen-bond acceptors (Lipinski definition) is 5. The molecule has 2 fully saturated rings. The number of alkyl halides is 6. The standard InChI is InChI=1S/C24H25F6N5O3/c25-23(26,27)15-6-14(7-16(8-15)24(28,29)30)13-38-22(37)33-4-1-5-35-19(12-33)9-20(32-35)21(36)34-10-17-2-3-18(11-34)31-17/h6-9,17-18,31H,1-5,10-13H2. The molecule has 3 aliphatic rings. The van der Waals surface area contributed by atoms with E-state index in [4.69, 9.17) is 4.74 Å². The maximum Gasteiger partial charge on any atom is 0.416 e. The summed E-state index contributed by atoms with van der Waals surface area (Å²) < 4.78 is 85.4. The second kappa shape index (κ2) is 9.79. The van der Waals surface area contributed by atoms with Crippen molar-refractivity contribution >= 4 is 12.0 Å². The monoisotopic (exact) mass is 545 g/mol. The number of fused-ring (bicyclic) bond motifs is 3. The summed E-state index contributed by atoms with van der Waals surface area (Å²) in [5, 5.41) is 7.88. The van der Waals surface area contributed by atoms with E-state index in [1.54, 1.807) is 15.6 Å². The molecule has 0 saturated carbocycles. The maximum absolute atomic E-state index is 13.1. The van der Waals surface area contributed by atoms with Crippen molar-refractivity contribution in [2.45, 2.75) is 63.4 Å². The Labute approximate surface area is 213 Å². The number of hydrogen-bond donors (Lipinski definition) is 1. The summed E-state index contributed by atoms with van der Waals surface area (Å²) in [6, 6.07) is 3.23. The Hall–Kier alpha value is -3.29. The molecule has 2 aromatic rings. The zero-order valence-corrected chi connectivity index (χ0v) is 20.1. The van der Waals surface area contributed by atoms with Crippen molar-refractivity contribution in [3.05, 3.63) is 52.3 Å². The number of rotatable bonds is 3. The molecule has 206 valence electrons. The van der Waals surface area contributed by atoms with Crippen molar-refractivity contribution in [1.82, 2.24) is 24.9 Å². The molecule has 2 atom stereocenters. The highest BCUT2D eigenvalue weighted by molar-refractivity contribution is 5.92. The first kappa shape index (κ1) is 26.3. The number of aromatic nitrogens is 2. The van der Waals surface area contributed by atoms with Gasteiger partial charge in [0.2, 0.25) is 0 Å². The molecule has 2 unspecified atom stereocenters. The van der Waals surface area contributed by atoms with Crippen LogP contribution in [-0.2, 0) is 36.8 Å². The van der Waals surface area contributed by atoms with Gasteiger partial charge in [-0.1, -0.05) is 0 Å². The minimum Gasteiger partial charge on any atom is -0.445 e. The zero-order chi connectivity index (χ0) is 27.2. The summed E-state index contributed by atoms with van der Waals surface area (Å²) in [4.78, 5) is 28.8. The van der Waals surface area contributed by atoms with Crippen molar-refractivity contribution in [3.63, 3.8) is 0 Å². The van der Waals surface area contributed by atoms with Gasteiger partial charge in [0.25, 0.3) is 5.91 Å². The number of aryl methyl sites for hydroxylation is 1. The van der Waals surface area contributed by atoms with Gasteiger partial charge in [-0.2, -0.15) is 31.4 Å². The van der Waals surface area contributed by atoms with Crippen LogP contribution in [0, 0.1) is 0 Å². The van der Waals surface area contributed by atoms with Crippen LogP contribution in [0.25, 0.3) is 0 Å². The highest BCUT2D eigenvalue weighted by atomic mass is 19.4. The van der Waals surface area contributed by atoms with E-state index in [2.05, 4.69) is 10.4 Å². The quantitative estimate of drug-likeness (QED) is 0.590. The number of halogens is 6. The van der Waals surface area contributed by atoms with E-state index < -0.39 is 41.7 Å². The summed E-state index contributed by atoms with van der Waals surface area (Å²) in [7, 11) is 0. The molecule has 0 spiro atoms. The number of amides is 2. The molecule has 2 saturated heterocycles. The average molecular weight is 545 g/mol. The van der Waals surface area contributed by atoms with Crippen molar-refractivity contribution in [2.24, 2.45) is 0 Å². The van der Waals surface area contributed by atoms with Crippen molar-refractivity contribution in [1.29, 1.82) is 0 Å². The van der Waals surface area contributed by atoms with Crippen LogP contribution in [0.2, 0.25) is 0 Å². The lowest BCUT2D eigenvalue weighted by atomic mass is 10.1. The molecular formula is C24H25F6N5O3. The van der Waals surface area contributed by atoms with Gasteiger partial charge in [0.1, 0.15) is 6.61 Å². The molecule has 2 bridgehead atoms. The average Bonchev–Trinajstić information content (AvgIpc) is 3.34. The normalized spacial score (nSPS) is 21.7. The van der Waals surface area contributed by atoms with Crippen LogP contribution in [0.1, 0.15) is 52.1 Å². The Morgan fingerprint density at radius 1 is 0.921 bits per heavy atom. The minimum atomic E-state index is -5.00. The molecule has 14 heteroatoms. The number of carbonyl (C=O) groups is 2. The molecule has 1 aromatic heterocycles. The van der Waals surface area contributed by atoms with Crippen LogP contribution in [0.3, 0.4) is 0 Å². The summed E-state index contributed by atoms with van der Waals surface area (Å²) in [6.07, 6.45) is -8.38. The summed E-state index contributed by atoms with van der Waals surface area (Å²) in [6.45, 7) is 1.13. The topological polar surface area (TPSA) is 79.7 Å². The van der Waals surface area contributed by atoms with Gasteiger partial charge in [0.05, 0.1) is 23.4 Å². The number of nitrogens with zero attached hydrogens (tertiary/aromatic N) is 4. The van der Waals surface area contributed by atoms with Crippen molar-refractivity contribution < 1.29 is 40.7 Å². The Morgan fingerprint density at radius 3 is 2.16 bits per heavy atom. The minimum absolute atomic E-state index is 0.0192. The van der Waals surface area contributed by atoms with Gasteiger partial charge in [0, 0.05) is 38.3 Å². The molecular weight excluding hydrogens is 520 g/mol. The fourth-order valence-corrected chi connectivity index (χ4v) is 5.19. The van der Waals surface area contributed by atoms with Gasteiger partial charge in [-0.05, 0) is 49.1 Å². The highest BCUT2D eigenvalue weighted by Crippen LogP contribution is 2.36.